The molecule has 0 saturated heterocycles. The number of rotatable bonds is 4. The Hall–Kier alpha value is -1.97. The molecule has 0 aliphatic rings. The quantitative estimate of drug-likeness (QED) is 0.885. The highest BCUT2D eigenvalue weighted by molar-refractivity contribution is 5.42. The zero-order chi connectivity index (χ0) is 13.7. The molecule has 0 fully saturated rings. The van der Waals surface area contributed by atoms with Gasteiger partial charge in [-0.1, -0.05) is 60.7 Å². The van der Waals surface area contributed by atoms with E-state index in [-0.39, 0.29) is 0 Å². The van der Waals surface area contributed by atoms with E-state index in [1.165, 1.54) is 0 Å². The lowest BCUT2D eigenvalue weighted by Gasteiger charge is -2.27. The monoisotopic (exact) mass is 258 g/mol. The number of hydrogen-bond donors (Lipinski definition) is 2. The number of halogens is 1. The molecule has 0 amide bonds. The predicted molar refractivity (Wildman–Crippen MR) is 72.2 cm³/mol. The number of hydrogen-bond acceptors (Lipinski definition) is 2. The summed E-state index contributed by atoms with van der Waals surface area (Å²) >= 11 is 0. The van der Waals surface area contributed by atoms with Gasteiger partial charge in [-0.15, -0.1) is 0 Å². The second kappa shape index (κ2) is 5.78. The van der Waals surface area contributed by atoms with Crippen LogP contribution < -0.4 is 0 Å². The van der Waals surface area contributed by atoms with Crippen molar-refractivity contribution in [3.8, 4) is 0 Å². The van der Waals surface area contributed by atoms with Crippen molar-refractivity contribution in [2.45, 2.75) is 5.60 Å². The molecule has 2 aromatic carbocycles. The van der Waals surface area contributed by atoms with Crippen molar-refractivity contribution in [2.75, 3.05) is 6.61 Å². The van der Waals surface area contributed by atoms with Gasteiger partial charge in [0.25, 0.3) is 0 Å². The molecule has 2 rings (SSSR count). The van der Waals surface area contributed by atoms with E-state index in [2.05, 4.69) is 0 Å². The molecule has 0 aliphatic heterocycles. The first-order chi connectivity index (χ1) is 9.19. The van der Waals surface area contributed by atoms with E-state index in [1.807, 2.05) is 0 Å². The van der Waals surface area contributed by atoms with Gasteiger partial charge in [0, 0.05) is 0 Å². The van der Waals surface area contributed by atoms with Crippen LogP contribution in [0.15, 0.2) is 72.6 Å². The summed E-state index contributed by atoms with van der Waals surface area (Å²) in [6, 6.07) is 17.1. The third kappa shape index (κ3) is 2.57. The van der Waals surface area contributed by atoms with Gasteiger partial charge in [0.05, 0.1) is 6.61 Å². The number of aliphatic hydroxyl groups is 2. The normalized spacial score (nSPS) is 12.5. The molecule has 3 heteroatoms. The minimum atomic E-state index is -1.87. The summed E-state index contributed by atoms with van der Waals surface area (Å²) < 4.78 is 14.3. The maximum atomic E-state index is 14.3. The van der Waals surface area contributed by atoms with E-state index >= 15 is 0 Å². The Bertz CT molecular complexity index is 510. The van der Waals surface area contributed by atoms with Crippen molar-refractivity contribution in [3.05, 3.63) is 83.7 Å². The Morgan fingerprint density at radius 3 is 1.74 bits per heavy atom. The number of aliphatic hydroxyl groups excluding tert-OH is 1. The summed E-state index contributed by atoms with van der Waals surface area (Å²) in [4.78, 5) is 0. The third-order valence-electron chi connectivity index (χ3n) is 3.00. The van der Waals surface area contributed by atoms with Gasteiger partial charge in [-0.2, -0.15) is 0 Å². The van der Waals surface area contributed by atoms with Crippen LogP contribution in [-0.4, -0.2) is 16.8 Å². The van der Waals surface area contributed by atoms with Crippen LogP contribution in [0.2, 0.25) is 0 Å². The fourth-order valence-corrected chi connectivity index (χ4v) is 2.03. The Balaban J connectivity index is 2.61. The third-order valence-corrected chi connectivity index (χ3v) is 3.00. The van der Waals surface area contributed by atoms with Gasteiger partial charge in [-0.25, -0.2) is 4.39 Å². The molecule has 0 heterocycles. The fourth-order valence-electron chi connectivity index (χ4n) is 2.03. The maximum Gasteiger partial charge on any atom is 0.166 e. The van der Waals surface area contributed by atoms with Gasteiger partial charge in [0.1, 0.15) is 5.83 Å². The molecule has 0 unspecified atom stereocenters. The van der Waals surface area contributed by atoms with E-state index < -0.39 is 18.0 Å². The molecule has 0 spiro atoms. The highest BCUT2D eigenvalue weighted by atomic mass is 19.1. The van der Waals surface area contributed by atoms with Gasteiger partial charge in [0.2, 0.25) is 0 Å². The zero-order valence-electron chi connectivity index (χ0n) is 10.3. The highest BCUT2D eigenvalue weighted by Gasteiger charge is 2.36. The minimum Gasteiger partial charge on any atom is -0.392 e. The molecule has 2 N–H and O–H groups in total. The molecule has 0 radical (unpaired) electrons. The van der Waals surface area contributed by atoms with E-state index in [0.29, 0.717) is 11.1 Å². The Morgan fingerprint density at radius 2 is 1.37 bits per heavy atom. The van der Waals surface area contributed by atoms with Crippen LogP contribution in [0.5, 0.6) is 0 Å². The summed E-state index contributed by atoms with van der Waals surface area (Å²) in [7, 11) is 0. The van der Waals surface area contributed by atoms with Crippen LogP contribution in [-0.2, 0) is 5.60 Å². The van der Waals surface area contributed by atoms with Crippen molar-refractivity contribution < 1.29 is 14.6 Å². The van der Waals surface area contributed by atoms with Crippen LogP contribution in [0.25, 0.3) is 0 Å². The first-order valence-corrected chi connectivity index (χ1v) is 6.00. The molecule has 2 nitrogen and oxygen atoms in total. The van der Waals surface area contributed by atoms with E-state index in [0.717, 1.165) is 6.08 Å². The molecule has 0 aliphatic carbocycles. The lowest BCUT2D eigenvalue weighted by atomic mass is 9.85. The van der Waals surface area contributed by atoms with E-state index in [1.54, 1.807) is 60.7 Å². The summed E-state index contributed by atoms with van der Waals surface area (Å²) in [6.07, 6.45) is 0.972. The largest absolute Gasteiger partial charge is 0.392 e. The van der Waals surface area contributed by atoms with Crippen LogP contribution in [0.3, 0.4) is 0 Å². The molecule has 0 atom stereocenters. The maximum absolute atomic E-state index is 14.3. The minimum absolute atomic E-state index is 0.420. The summed E-state index contributed by atoms with van der Waals surface area (Å²) in [5.41, 5.74) is -1.03. The van der Waals surface area contributed by atoms with Crippen molar-refractivity contribution in [1.82, 2.24) is 0 Å². The molecule has 2 aromatic rings. The zero-order valence-corrected chi connectivity index (χ0v) is 10.3. The molecular weight excluding hydrogens is 243 g/mol. The second-order valence-corrected chi connectivity index (χ2v) is 4.18. The van der Waals surface area contributed by atoms with Crippen LogP contribution in [0, 0.1) is 0 Å². The van der Waals surface area contributed by atoms with Crippen molar-refractivity contribution in [3.63, 3.8) is 0 Å². The summed E-state index contributed by atoms with van der Waals surface area (Å²) in [5, 5.41) is 19.7. The standard InChI is InChI=1S/C16H15FO2/c17-15(11-12-18)16(19,13-7-3-1-4-8-13)14-9-5-2-6-10-14/h1-11,18-19H,12H2/b15-11-. The Kier molecular flexibility index (Phi) is 4.10. The van der Waals surface area contributed by atoms with Gasteiger partial charge < -0.3 is 10.2 Å². The lowest BCUT2D eigenvalue weighted by molar-refractivity contribution is 0.0929. The molecule has 19 heavy (non-hydrogen) atoms. The molecule has 0 saturated carbocycles. The highest BCUT2D eigenvalue weighted by Crippen LogP contribution is 2.37. The SMILES string of the molecule is OC/C=C(\F)C(O)(c1ccccc1)c1ccccc1. The first-order valence-electron chi connectivity index (χ1n) is 6.00. The topological polar surface area (TPSA) is 40.5 Å². The van der Waals surface area contributed by atoms with Gasteiger partial charge in [0.15, 0.2) is 5.60 Å². The summed E-state index contributed by atoms with van der Waals surface area (Å²) in [6.45, 7) is -0.464. The number of benzene rings is 2. The van der Waals surface area contributed by atoms with Crippen LogP contribution in [0.4, 0.5) is 4.39 Å². The van der Waals surface area contributed by atoms with Gasteiger partial charge in [-0.05, 0) is 17.2 Å². The summed E-state index contributed by atoms with van der Waals surface area (Å²) in [5.74, 6) is -0.785. The van der Waals surface area contributed by atoms with E-state index in [9.17, 15) is 9.50 Å². The average molecular weight is 258 g/mol. The lowest BCUT2D eigenvalue weighted by Crippen LogP contribution is -2.28. The van der Waals surface area contributed by atoms with Crippen molar-refractivity contribution in [1.29, 1.82) is 0 Å². The smallest absolute Gasteiger partial charge is 0.166 e. The average Bonchev–Trinajstić information content (AvgIpc) is 2.48. The predicted octanol–water partition coefficient (Wildman–Crippen LogP) is 2.77. The molecule has 98 valence electrons. The van der Waals surface area contributed by atoms with Crippen molar-refractivity contribution >= 4 is 0 Å². The Morgan fingerprint density at radius 1 is 0.947 bits per heavy atom. The van der Waals surface area contributed by atoms with E-state index in [4.69, 9.17) is 5.11 Å². The van der Waals surface area contributed by atoms with Crippen molar-refractivity contribution in [2.24, 2.45) is 0 Å². The molecular formula is C16H15FO2. The fraction of sp³-hybridized carbons (Fsp3) is 0.125. The first kappa shape index (κ1) is 13.5. The molecule has 0 aromatic heterocycles. The molecule has 0 bridgehead atoms. The van der Waals surface area contributed by atoms with Crippen LogP contribution >= 0.6 is 0 Å². The Labute approximate surface area is 111 Å². The second-order valence-electron chi connectivity index (χ2n) is 4.18. The van der Waals surface area contributed by atoms with Gasteiger partial charge >= 0.3 is 0 Å². The van der Waals surface area contributed by atoms with Gasteiger partial charge in [-0.3, -0.25) is 0 Å². The van der Waals surface area contributed by atoms with Crippen LogP contribution in [0.1, 0.15) is 11.1 Å².